The van der Waals surface area contributed by atoms with Gasteiger partial charge >= 0.3 is 5.97 Å². The summed E-state index contributed by atoms with van der Waals surface area (Å²) in [5.41, 5.74) is 0.789. The zero-order valence-electron chi connectivity index (χ0n) is 11.7. The van der Waals surface area contributed by atoms with Crippen LogP contribution in [0.25, 0.3) is 0 Å². The van der Waals surface area contributed by atoms with Gasteiger partial charge in [0.15, 0.2) is 0 Å². The van der Waals surface area contributed by atoms with E-state index in [-0.39, 0.29) is 16.1 Å². The number of carboxylic acid groups (broad SMARTS) is 1. The molecule has 7 heteroatoms. The Hall–Kier alpha value is -1.86. The summed E-state index contributed by atoms with van der Waals surface area (Å²) in [7, 11) is -3.88. The van der Waals surface area contributed by atoms with Gasteiger partial charge in [0.2, 0.25) is 0 Å². The van der Waals surface area contributed by atoms with E-state index in [0.717, 1.165) is 5.56 Å². The van der Waals surface area contributed by atoms with Gasteiger partial charge in [-0.15, -0.1) is 0 Å². The van der Waals surface area contributed by atoms with Crippen molar-refractivity contribution < 1.29 is 18.3 Å². The minimum atomic E-state index is -3.88. The summed E-state index contributed by atoms with van der Waals surface area (Å²) in [6, 6.07) is 11.0. The fourth-order valence-electron chi connectivity index (χ4n) is 1.94. The maximum Gasteiger partial charge on any atom is 0.337 e. The lowest BCUT2D eigenvalue weighted by molar-refractivity contribution is 0.0698. The number of hydrogen-bond donors (Lipinski definition) is 2. The molecule has 2 aromatic rings. The summed E-state index contributed by atoms with van der Waals surface area (Å²) in [6.07, 6.45) is 0.664. The van der Waals surface area contributed by atoms with Crippen LogP contribution in [0.5, 0.6) is 0 Å². The Balaban J connectivity index is 2.46. The maximum atomic E-state index is 12.4. The van der Waals surface area contributed by atoms with Crippen LogP contribution in [0.1, 0.15) is 22.8 Å². The molecule has 22 heavy (non-hydrogen) atoms. The van der Waals surface area contributed by atoms with Gasteiger partial charge in [-0.25, -0.2) is 13.2 Å². The predicted molar refractivity (Wildman–Crippen MR) is 87.7 cm³/mol. The fraction of sp³-hybridized carbons (Fsp3) is 0.133. The van der Waals surface area contributed by atoms with E-state index in [0.29, 0.717) is 10.9 Å². The first-order valence-corrected chi connectivity index (χ1v) is 8.76. The Morgan fingerprint density at radius 1 is 1.23 bits per heavy atom. The second kappa shape index (κ2) is 6.50. The molecule has 0 aromatic heterocycles. The zero-order chi connectivity index (χ0) is 16.3. The second-order valence-corrected chi connectivity index (χ2v) is 7.08. The van der Waals surface area contributed by atoms with E-state index in [2.05, 4.69) is 20.7 Å². The average Bonchev–Trinajstić information content (AvgIpc) is 2.47. The van der Waals surface area contributed by atoms with Crippen molar-refractivity contribution in [2.45, 2.75) is 18.2 Å². The third-order valence-electron chi connectivity index (χ3n) is 3.09. The summed E-state index contributed by atoms with van der Waals surface area (Å²) < 4.78 is 27.6. The monoisotopic (exact) mass is 383 g/mol. The predicted octanol–water partition coefficient (Wildman–Crippen LogP) is 3.51. The van der Waals surface area contributed by atoms with Crippen LogP contribution in [-0.4, -0.2) is 19.5 Å². The van der Waals surface area contributed by atoms with Crippen LogP contribution < -0.4 is 4.72 Å². The highest BCUT2D eigenvalue weighted by Crippen LogP contribution is 2.26. The van der Waals surface area contributed by atoms with Crippen LogP contribution in [0.15, 0.2) is 51.8 Å². The van der Waals surface area contributed by atoms with Crippen LogP contribution in [0.4, 0.5) is 5.69 Å². The van der Waals surface area contributed by atoms with E-state index in [1.54, 1.807) is 24.3 Å². The number of benzene rings is 2. The molecule has 0 atom stereocenters. The average molecular weight is 384 g/mol. The van der Waals surface area contributed by atoms with Gasteiger partial charge in [-0.05, 0) is 52.2 Å². The van der Waals surface area contributed by atoms with Gasteiger partial charge in [-0.3, -0.25) is 4.72 Å². The molecule has 0 unspecified atom stereocenters. The first-order valence-electron chi connectivity index (χ1n) is 6.48. The lowest BCUT2D eigenvalue weighted by atomic mass is 10.1. The lowest BCUT2D eigenvalue weighted by Crippen LogP contribution is -2.16. The number of carbonyl (C=O) groups is 1. The standard InChI is InChI=1S/C15H14BrNO4S/c1-2-10-7-8-13(11(9-10)15(18)19)17-22(20,21)14-6-4-3-5-12(14)16/h3-9,17H,2H2,1H3,(H,18,19). The number of rotatable bonds is 5. The molecule has 0 amide bonds. The van der Waals surface area contributed by atoms with Gasteiger partial charge in [0.05, 0.1) is 11.3 Å². The van der Waals surface area contributed by atoms with E-state index < -0.39 is 16.0 Å². The van der Waals surface area contributed by atoms with Crippen molar-refractivity contribution in [3.8, 4) is 0 Å². The number of aromatic carboxylic acids is 1. The van der Waals surface area contributed by atoms with Gasteiger partial charge in [0.25, 0.3) is 10.0 Å². The van der Waals surface area contributed by atoms with Gasteiger partial charge in [-0.2, -0.15) is 0 Å². The topological polar surface area (TPSA) is 83.5 Å². The number of sulfonamides is 1. The fourth-order valence-corrected chi connectivity index (χ4v) is 4.02. The van der Waals surface area contributed by atoms with Gasteiger partial charge < -0.3 is 5.11 Å². The summed E-state index contributed by atoms with van der Waals surface area (Å²) in [5, 5.41) is 9.26. The highest BCUT2D eigenvalue weighted by molar-refractivity contribution is 9.10. The second-order valence-electron chi connectivity index (χ2n) is 4.57. The molecule has 0 saturated carbocycles. The van der Waals surface area contributed by atoms with Gasteiger partial charge in [0.1, 0.15) is 4.90 Å². The van der Waals surface area contributed by atoms with Crippen LogP contribution in [0.3, 0.4) is 0 Å². The van der Waals surface area contributed by atoms with Crippen LogP contribution in [0.2, 0.25) is 0 Å². The summed E-state index contributed by atoms with van der Waals surface area (Å²) in [5.74, 6) is -1.18. The van der Waals surface area contributed by atoms with Crippen molar-refractivity contribution in [1.29, 1.82) is 0 Å². The molecular weight excluding hydrogens is 370 g/mol. The van der Waals surface area contributed by atoms with Gasteiger partial charge in [-0.1, -0.05) is 25.1 Å². The number of hydrogen-bond acceptors (Lipinski definition) is 3. The van der Waals surface area contributed by atoms with E-state index in [1.165, 1.54) is 18.2 Å². The third kappa shape index (κ3) is 3.48. The van der Waals surface area contributed by atoms with Crippen molar-refractivity contribution in [2.75, 3.05) is 4.72 Å². The quantitative estimate of drug-likeness (QED) is 0.827. The summed E-state index contributed by atoms with van der Waals surface area (Å²) >= 11 is 3.18. The Labute approximate surface area is 137 Å². The molecule has 0 radical (unpaired) electrons. The SMILES string of the molecule is CCc1ccc(NS(=O)(=O)c2ccccc2Br)c(C(=O)O)c1. The van der Waals surface area contributed by atoms with Crippen LogP contribution >= 0.6 is 15.9 Å². The van der Waals surface area contributed by atoms with Gasteiger partial charge in [0, 0.05) is 4.47 Å². The number of nitrogens with one attached hydrogen (secondary N) is 1. The number of halogens is 1. The zero-order valence-corrected chi connectivity index (χ0v) is 14.1. The number of carboxylic acids is 1. The van der Waals surface area contributed by atoms with E-state index in [9.17, 15) is 18.3 Å². The largest absolute Gasteiger partial charge is 0.478 e. The molecule has 2 aromatic carbocycles. The molecule has 0 heterocycles. The molecule has 116 valence electrons. The van der Waals surface area contributed by atoms with Crippen molar-refractivity contribution in [3.63, 3.8) is 0 Å². The summed E-state index contributed by atoms with van der Waals surface area (Å²) in [4.78, 5) is 11.4. The molecular formula is C15H14BrNO4S. The van der Waals surface area contributed by atoms with Crippen molar-refractivity contribution in [3.05, 3.63) is 58.1 Å². The minimum absolute atomic E-state index is 0.0421. The number of anilines is 1. The minimum Gasteiger partial charge on any atom is -0.478 e. The Kier molecular flexibility index (Phi) is 4.87. The summed E-state index contributed by atoms with van der Waals surface area (Å²) in [6.45, 7) is 1.89. The van der Waals surface area contributed by atoms with Crippen LogP contribution in [0, 0.1) is 0 Å². The molecule has 2 N–H and O–H groups in total. The highest BCUT2D eigenvalue weighted by Gasteiger charge is 2.20. The molecule has 2 rings (SSSR count). The molecule has 0 saturated heterocycles. The highest BCUT2D eigenvalue weighted by atomic mass is 79.9. The molecule has 0 bridgehead atoms. The molecule has 0 aliphatic heterocycles. The van der Waals surface area contributed by atoms with Crippen molar-refractivity contribution in [1.82, 2.24) is 0 Å². The maximum absolute atomic E-state index is 12.4. The molecule has 0 spiro atoms. The lowest BCUT2D eigenvalue weighted by Gasteiger charge is -2.12. The Bertz CT molecular complexity index is 818. The van der Waals surface area contributed by atoms with Crippen molar-refractivity contribution in [2.24, 2.45) is 0 Å². The normalized spacial score (nSPS) is 11.2. The van der Waals surface area contributed by atoms with Crippen LogP contribution in [-0.2, 0) is 16.4 Å². The Morgan fingerprint density at radius 3 is 2.50 bits per heavy atom. The smallest absolute Gasteiger partial charge is 0.337 e. The Morgan fingerprint density at radius 2 is 1.91 bits per heavy atom. The molecule has 5 nitrogen and oxygen atoms in total. The van der Waals surface area contributed by atoms with E-state index in [4.69, 9.17) is 0 Å². The van der Waals surface area contributed by atoms with E-state index >= 15 is 0 Å². The molecule has 0 aliphatic carbocycles. The molecule has 0 fully saturated rings. The number of aryl methyl sites for hydroxylation is 1. The first-order chi connectivity index (χ1) is 10.3. The van der Waals surface area contributed by atoms with E-state index in [1.807, 2.05) is 6.92 Å². The molecule has 0 aliphatic rings. The third-order valence-corrected chi connectivity index (χ3v) is 5.47. The van der Waals surface area contributed by atoms with Crippen molar-refractivity contribution >= 4 is 37.6 Å². The first kappa shape index (κ1) is 16.5.